The van der Waals surface area contributed by atoms with Gasteiger partial charge in [-0.05, 0) is 76.6 Å². The first-order valence-electron chi connectivity index (χ1n) is 11.0. The fraction of sp³-hybridized carbons (Fsp3) is 0.462. The third-order valence-corrected chi connectivity index (χ3v) is 5.74. The number of carbonyl (C=O) groups is 2. The van der Waals surface area contributed by atoms with Gasteiger partial charge in [-0.2, -0.15) is 0 Å². The number of ether oxygens (including phenoxy) is 1. The van der Waals surface area contributed by atoms with E-state index in [2.05, 4.69) is 0 Å². The molecule has 0 saturated heterocycles. The molecule has 5 nitrogen and oxygen atoms in total. The van der Waals surface area contributed by atoms with E-state index in [0.717, 1.165) is 37.9 Å². The summed E-state index contributed by atoms with van der Waals surface area (Å²) < 4.78 is 5.80. The minimum atomic E-state index is -0.209. The van der Waals surface area contributed by atoms with Crippen LogP contribution in [-0.4, -0.2) is 34.0 Å². The Morgan fingerprint density at radius 1 is 0.774 bits per heavy atom. The number of carbonyl (C=O) groups excluding carboxylic acids is 2. The molecule has 168 valence electrons. The van der Waals surface area contributed by atoms with Gasteiger partial charge in [-0.15, -0.1) is 0 Å². The summed E-state index contributed by atoms with van der Waals surface area (Å²) in [6, 6.07) is 18.5. The van der Waals surface area contributed by atoms with Crippen LogP contribution in [0.4, 0.5) is 0 Å². The average molecular weight is 427 g/mol. The van der Waals surface area contributed by atoms with Crippen LogP contribution >= 0.6 is 0 Å². The Bertz CT molecular complexity index is 790. The van der Waals surface area contributed by atoms with Crippen molar-refractivity contribution in [1.29, 1.82) is 0 Å². The van der Waals surface area contributed by atoms with Crippen molar-refractivity contribution in [3.8, 4) is 11.5 Å². The number of hydrogen-bond donors (Lipinski definition) is 2. The van der Waals surface area contributed by atoms with Crippen LogP contribution in [0.15, 0.2) is 60.7 Å². The lowest BCUT2D eigenvalue weighted by atomic mass is 10.0. The Morgan fingerprint density at radius 2 is 1.29 bits per heavy atom. The number of Topliss-reactive ketones (excluding diaryl/α,β-unsaturated/α-hetero) is 2. The number of hydrogen-bond acceptors (Lipinski definition) is 5. The van der Waals surface area contributed by atoms with Gasteiger partial charge in [-0.25, -0.2) is 0 Å². The largest absolute Gasteiger partial charge is 0.508 e. The zero-order valence-electron chi connectivity index (χ0n) is 18.4. The smallest absolute Gasteiger partial charge is 0.133 e. The number of benzene rings is 2. The first kappa shape index (κ1) is 24.6. The summed E-state index contributed by atoms with van der Waals surface area (Å²) >= 11 is 0. The zero-order valence-corrected chi connectivity index (χ0v) is 18.4. The zero-order chi connectivity index (χ0) is 22.6. The maximum absolute atomic E-state index is 11.2. The maximum Gasteiger partial charge on any atom is 0.133 e. The standard InChI is InChI=1S/C13H16O2.C7H12O2.C6H6O/c1-10(14)11-7-8-13(9-11)15-12-5-3-2-4-6-12;1-5(8)6-2-3-7(9)4-6;7-6-4-2-1-3-5-6/h2-6,11,13H,7-9H2,1H3;6-7,9H,2-4H2,1H3;1-5,7H/t11-,13-;6-,7+;/m11./s1. The number of phenols is 1. The second kappa shape index (κ2) is 12.9. The van der Waals surface area contributed by atoms with E-state index < -0.39 is 0 Å². The monoisotopic (exact) mass is 426 g/mol. The van der Waals surface area contributed by atoms with E-state index in [1.165, 1.54) is 0 Å². The molecule has 2 aliphatic rings. The molecule has 4 atom stereocenters. The summed E-state index contributed by atoms with van der Waals surface area (Å²) in [5.41, 5.74) is 0. The molecule has 0 radical (unpaired) electrons. The van der Waals surface area contributed by atoms with E-state index >= 15 is 0 Å². The maximum atomic E-state index is 11.2. The highest BCUT2D eigenvalue weighted by Crippen LogP contribution is 2.29. The summed E-state index contributed by atoms with van der Waals surface area (Å²) in [5.74, 6) is 2.13. The van der Waals surface area contributed by atoms with E-state index in [4.69, 9.17) is 14.9 Å². The Hall–Kier alpha value is -2.66. The van der Waals surface area contributed by atoms with Crippen LogP contribution < -0.4 is 4.74 Å². The van der Waals surface area contributed by atoms with Crippen molar-refractivity contribution in [2.45, 2.75) is 64.6 Å². The lowest BCUT2D eigenvalue weighted by Crippen LogP contribution is -2.14. The molecule has 0 spiro atoms. The molecule has 0 bridgehead atoms. The molecule has 5 heteroatoms. The van der Waals surface area contributed by atoms with Gasteiger partial charge < -0.3 is 14.9 Å². The van der Waals surface area contributed by atoms with Gasteiger partial charge in [0, 0.05) is 11.8 Å². The van der Waals surface area contributed by atoms with E-state index in [-0.39, 0.29) is 29.8 Å². The molecule has 0 amide bonds. The van der Waals surface area contributed by atoms with Gasteiger partial charge in [0.2, 0.25) is 0 Å². The van der Waals surface area contributed by atoms with Gasteiger partial charge in [0.25, 0.3) is 0 Å². The van der Waals surface area contributed by atoms with Crippen molar-refractivity contribution >= 4 is 11.6 Å². The Kier molecular flexibility index (Phi) is 10.2. The molecule has 4 rings (SSSR count). The molecule has 31 heavy (non-hydrogen) atoms. The summed E-state index contributed by atoms with van der Waals surface area (Å²) in [6.07, 6.45) is 5.26. The van der Waals surface area contributed by atoms with Crippen LogP contribution in [0.2, 0.25) is 0 Å². The predicted molar refractivity (Wildman–Crippen MR) is 121 cm³/mol. The van der Waals surface area contributed by atoms with Crippen molar-refractivity contribution < 1.29 is 24.5 Å². The van der Waals surface area contributed by atoms with Crippen LogP contribution in [0.5, 0.6) is 11.5 Å². The Labute approximate surface area is 185 Å². The fourth-order valence-electron chi connectivity index (χ4n) is 3.86. The minimum absolute atomic E-state index is 0.153. The molecule has 2 aromatic rings. The third kappa shape index (κ3) is 9.35. The van der Waals surface area contributed by atoms with Crippen molar-refractivity contribution in [3.63, 3.8) is 0 Å². The van der Waals surface area contributed by atoms with Gasteiger partial charge in [0.1, 0.15) is 23.1 Å². The van der Waals surface area contributed by atoms with Gasteiger partial charge >= 0.3 is 0 Å². The predicted octanol–water partition coefficient (Wildman–Crippen LogP) is 4.95. The first-order chi connectivity index (χ1) is 14.8. The summed E-state index contributed by atoms with van der Waals surface area (Å²) in [7, 11) is 0. The average Bonchev–Trinajstić information content (AvgIpc) is 3.40. The minimum Gasteiger partial charge on any atom is -0.508 e. The van der Waals surface area contributed by atoms with Gasteiger partial charge in [0.05, 0.1) is 12.2 Å². The molecule has 0 unspecified atom stereocenters. The number of aliphatic hydroxyl groups excluding tert-OH is 1. The molecular weight excluding hydrogens is 392 g/mol. The molecule has 0 aromatic heterocycles. The molecule has 2 saturated carbocycles. The highest BCUT2D eigenvalue weighted by Gasteiger charge is 2.28. The number of aliphatic hydroxyl groups is 1. The number of aromatic hydroxyl groups is 1. The number of para-hydroxylation sites is 2. The quantitative estimate of drug-likeness (QED) is 0.723. The van der Waals surface area contributed by atoms with Crippen LogP contribution in [0.3, 0.4) is 0 Å². The summed E-state index contributed by atoms with van der Waals surface area (Å²) in [4.78, 5) is 21.9. The molecule has 2 fully saturated rings. The Morgan fingerprint density at radius 3 is 1.68 bits per heavy atom. The van der Waals surface area contributed by atoms with Gasteiger partial charge in [-0.3, -0.25) is 9.59 Å². The third-order valence-electron chi connectivity index (χ3n) is 5.74. The lowest BCUT2D eigenvalue weighted by molar-refractivity contribution is -0.121. The van der Waals surface area contributed by atoms with E-state index in [1.54, 1.807) is 38.1 Å². The highest BCUT2D eigenvalue weighted by molar-refractivity contribution is 5.78. The van der Waals surface area contributed by atoms with Crippen molar-refractivity contribution in [3.05, 3.63) is 60.7 Å². The fourth-order valence-corrected chi connectivity index (χ4v) is 3.86. The number of ketones is 2. The SMILES string of the molecule is CC(=O)[C@@H]1CC[C@@H](Oc2ccccc2)C1.CC(=O)[C@@H]1CC[C@H](O)C1.Oc1ccccc1. The molecular formula is C26H34O5. The van der Waals surface area contributed by atoms with Crippen molar-refractivity contribution in [2.75, 3.05) is 0 Å². The van der Waals surface area contributed by atoms with Crippen LogP contribution in [-0.2, 0) is 9.59 Å². The number of rotatable bonds is 4. The van der Waals surface area contributed by atoms with Gasteiger partial charge in [0.15, 0.2) is 0 Å². The van der Waals surface area contributed by atoms with Crippen molar-refractivity contribution in [1.82, 2.24) is 0 Å². The van der Waals surface area contributed by atoms with Crippen LogP contribution in [0, 0.1) is 11.8 Å². The van der Waals surface area contributed by atoms with Crippen molar-refractivity contribution in [2.24, 2.45) is 11.8 Å². The second-order valence-electron chi connectivity index (χ2n) is 8.28. The second-order valence-corrected chi connectivity index (χ2v) is 8.28. The molecule has 2 aliphatic carbocycles. The number of phenolic OH excluding ortho intramolecular Hbond substituents is 1. The van der Waals surface area contributed by atoms with E-state index in [9.17, 15) is 9.59 Å². The Balaban J connectivity index is 0.000000181. The highest BCUT2D eigenvalue weighted by atomic mass is 16.5. The van der Waals surface area contributed by atoms with E-state index in [1.807, 2.05) is 36.4 Å². The molecule has 0 aliphatic heterocycles. The first-order valence-corrected chi connectivity index (χ1v) is 11.0. The molecule has 0 heterocycles. The molecule has 2 aromatic carbocycles. The van der Waals surface area contributed by atoms with E-state index in [0.29, 0.717) is 18.0 Å². The lowest BCUT2D eigenvalue weighted by Gasteiger charge is -2.13. The van der Waals surface area contributed by atoms with Gasteiger partial charge in [-0.1, -0.05) is 36.4 Å². The summed E-state index contributed by atoms with van der Waals surface area (Å²) in [5, 5.41) is 17.6. The summed E-state index contributed by atoms with van der Waals surface area (Å²) in [6.45, 7) is 3.28. The van der Waals surface area contributed by atoms with Crippen LogP contribution in [0.1, 0.15) is 52.4 Å². The van der Waals surface area contributed by atoms with Crippen LogP contribution in [0.25, 0.3) is 0 Å². The molecule has 2 N–H and O–H groups in total. The normalized spacial score (nSPS) is 24.2. The topological polar surface area (TPSA) is 83.8 Å².